The maximum Gasteiger partial charge on any atom is 0.0636 e. The summed E-state index contributed by atoms with van der Waals surface area (Å²) in [5.74, 6) is 0.768. The molecule has 1 aliphatic carbocycles. The monoisotopic (exact) mass is 198 g/mol. The zero-order chi connectivity index (χ0) is 11.0. The van der Waals surface area contributed by atoms with Crippen LogP contribution in [0.2, 0.25) is 0 Å². The molecule has 1 heteroatoms. The molecule has 0 radical (unpaired) electrons. The summed E-state index contributed by atoms with van der Waals surface area (Å²) in [5, 5.41) is 0. The third kappa shape index (κ3) is 1.50. The number of ether oxygens (including phenoxy) is 1. The summed E-state index contributed by atoms with van der Waals surface area (Å²) in [6, 6.07) is 0. The molecule has 1 nitrogen and oxygen atoms in total. The second-order valence-corrected chi connectivity index (χ2v) is 5.57. The van der Waals surface area contributed by atoms with E-state index >= 15 is 0 Å². The van der Waals surface area contributed by atoms with Gasteiger partial charge in [0.2, 0.25) is 0 Å². The Morgan fingerprint density at radius 2 is 1.79 bits per heavy atom. The summed E-state index contributed by atoms with van der Waals surface area (Å²) < 4.78 is 5.92. The minimum atomic E-state index is 0.350. The molecule has 0 aromatic heterocycles. The Balaban J connectivity index is 2.92. The SMILES string of the molecule is CCOC1CC(C)C(C)(C)C1(C)CC. The number of rotatable bonds is 3. The minimum absolute atomic E-state index is 0.350. The smallest absolute Gasteiger partial charge is 0.0636 e. The number of hydrogen-bond donors (Lipinski definition) is 0. The lowest BCUT2D eigenvalue weighted by atomic mass is 9.64. The molecule has 3 unspecified atom stereocenters. The first-order valence-electron chi connectivity index (χ1n) is 6.01. The van der Waals surface area contributed by atoms with Crippen molar-refractivity contribution in [3.63, 3.8) is 0 Å². The van der Waals surface area contributed by atoms with Gasteiger partial charge in [-0.2, -0.15) is 0 Å². The molecule has 0 heterocycles. The van der Waals surface area contributed by atoms with Gasteiger partial charge in [-0.1, -0.05) is 34.6 Å². The van der Waals surface area contributed by atoms with Crippen molar-refractivity contribution in [3.8, 4) is 0 Å². The first-order valence-corrected chi connectivity index (χ1v) is 6.01. The van der Waals surface area contributed by atoms with Crippen LogP contribution in [0.15, 0.2) is 0 Å². The van der Waals surface area contributed by atoms with Crippen LogP contribution in [-0.2, 0) is 4.74 Å². The normalized spacial score (nSPS) is 41.6. The predicted octanol–water partition coefficient (Wildman–Crippen LogP) is 3.87. The first kappa shape index (κ1) is 12.0. The lowest BCUT2D eigenvalue weighted by Crippen LogP contribution is -2.40. The third-order valence-electron chi connectivity index (χ3n) is 5.08. The van der Waals surface area contributed by atoms with E-state index in [0.29, 0.717) is 16.9 Å². The summed E-state index contributed by atoms with van der Waals surface area (Å²) in [7, 11) is 0. The van der Waals surface area contributed by atoms with Gasteiger partial charge in [0.1, 0.15) is 0 Å². The van der Waals surface area contributed by atoms with Gasteiger partial charge >= 0.3 is 0 Å². The lowest BCUT2D eigenvalue weighted by Gasteiger charge is -2.43. The Kier molecular flexibility index (Phi) is 3.30. The summed E-state index contributed by atoms with van der Waals surface area (Å²) in [6.07, 6.45) is 2.91. The molecule has 0 amide bonds. The van der Waals surface area contributed by atoms with Crippen LogP contribution < -0.4 is 0 Å². The summed E-state index contributed by atoms with van der Waals surface area (Å²) in [4.78, 5) is 0. The van der Waals surface area contributed by atoms with Gasteiger partial charge in [-0.3, -0.25) is 0 Å². The highest BCUT2D eigenvalue weighted by Gasteiger charge is 2.54. The van der Waals surface area contributed by atoms with Crippen molar-refractivity contribution in [2.75, 3.05) is 6.61 Å². The van der Waals surface area contributed by atoms with Crippen LogP contribution in [0.1, 0.15) is 54.4 Å². The Morgan fingerprint density at radius 3 is 2.21 bits per heavy atom. The quantitative estimate of drug-likeness (QED) is 0.669. The predicted molar refractivity (Wildman–Crippen MR) is 61.4 cm³/mol. The van der Waals surface area contributed by atoms with E-state index in [2.05, 4.69) is 41.5 Å². The Morgan fingerprint density at radius 1 is 1.21 bits per heavy atom. The number of hydrogen-bond acceptors (Lipinski definition) is 1. The average molecular weight is 198 g/mol. The fourth-order valence-corrected chi connectivity index (χ4v) is 2.99. The zero-order valence-electron chi connectivity index (χ0n) is 10.7. The van der Waals surface area contributed by atoms with Crippen LogP contribution in [-0.4, -0.2) is 12.7 Å². The molecule has 0 spiro atoms. The molecule has 1 aliphatic rings. The van der Waals surface area contributed by atoms with Crippen LogP contribution in [0.25, 0.3) is 0 Å². The molecule has 0 N–H and O–H groups in total. The second-order valence-electron chi connectivity index (χ2n) is 5.57. The van der Waals surface area contributed by atoms with Gasteiger partial charge in [0.05, 0.1) is 6.10 Å². The fourth-order valence-electron chi connectivity index (χ4n) is 2.99. The highest BCUT2D eigenvalue weighted by Crippen LogP contribution is 2.58. The minimum Gasteiger partial charge on any atom is -0.378 e. The van der Waals surface area contributed by atoms with Crippen molar-refractivity contribution in [1.29, 1.82) is 0 Å². The van der Waals surface area contributed by atoms with E-state index in [1.54, 1.807) is 0 Å². The first-order chi connectivity index (χ1) is 6.40. The van der Waals surface area contributed by atoms with Gasteiger partial charge in [-0.25, -0.2) is 0 Å². The van der Waals surface area contributed by atoms with Gasteiger partial charge in [0.15, 0.2) is 0 Å². The van der Waals surface area contributed by atoms with E-state index in [9.17, 15) is 0 Å². The van der Waals surface area contributed by atoms with Crippen LogP contribution in [0, 0.1) is 16.7 Å². The fraction of sp³-hybridized carbons (Fsp3) is 1.00. The highest BCUT2D eigenvalue weighted by molar-refractivity contribution is 5.04. The van der Waals surface area contributed by atoms with Crippen molar-refractivity contribution in [2.24, 2.45) is 16.7 Å². The lowest BCUT2D eigenvalue weighted by molar-refractivity contribution is -0.0487. The molecule has 14 heavy (non-hydrogen) atoms. The standard InChI is InChI=1S/C13H26O/c1-7-13(6)11(14-8-2)9-10(3)12(13,4)5/h10-11H,7-9H2,1-6H3. The van der Waals surface area contributed by atoms with E-state index in [0.717, 1.165) is 12.5 Å². The van der Waals surface area contributed by atoms with Crippen molar-refractivity contribution >= 4 is 0 Å². The molecule has 1 saturated carbocycles. The maximum absolute atomic E-state index is 5.92. The summed E-state index contributed by atoms with van der Waals surface area (Å²) in [6.45, 7) is 14.8. The van der Waals surface area contributed by atoms with Crippen molar-refractivity contribution in [3.05, 3.63) is 0 Å². The van der Waals surface area contributed by atoms with Crippen molar-refractivity contribution < 1.29 is 4.74 Å². The molecular weight excluding hydrogens is 172 g/mol. The average Bonchev–Trinajstić information content (AvgIpc) is 2.29. The largest absolute Gasteiger partial charge is 0.378 e. The summed E-state index contributed by atoms with van der Waals surface area (Å²) in [5.41, 5.74) is 0.754. The van der Waals surface area contributed by atoms with Crippen LogP contribution in [0.5, 0.6) is 0 Å². The second kappa shape index (κ2) is 3.84. The van der Waals surface area contributed by atoms with Gasteiger partial charge in [0.25, 0.3) is 0 Å². The molecular formula is C13H26O. The molecule has 1 rings (SSSR count). The molecule has 1 fully saturated rings. The molecule has 0 aromatic rings. The van der Waals surface area contributed by atoms with E-state index in [4.69, 9.17) is 4.74 Å². The maximum atomic E-state index is 5.92. The molecule has 3 atom stereocenters. The van der Waals surface area contributed by atoms with Crippen LogP contribution in [0.4, 0.5) is 0 Å². The Labute approximate surface area is 89.2 Å². The van der Waals surface area contributed by atoms with Gasteiger partial charge in [-0.05, 0) is 36.5 Å². The topological polar surface area (TPSA) is 9.23 Å². The highest BCUT2D eigenvalue weighted by atomic mass is 16.5. The van der Waals surface area contributed by atoms with Crippen LogP contribution >= 0.6 is 0 Å². The molecule has 84 valence electrons. The molecule has 0 aliphatic heterocycles. The molecule has 0 bridgehead atoms. The Bertz CT molecular complexity index is 197. The van der Waals surface area contributed by atoms with E-state index in [1.807, 2.05) is 0 Å². The van der Waals surface area contributed by atoms with E-state index < -0.39 is 0 Å². The van der Waals surface area contributed by atoms with E-state index in [-0.39, 0.29) is 0 Å². The molecule has 0 aromatic carbocycles. The van der Waals surface area contributed by atoms with Crippen LogP contribution in [0.3, 0.4) is 0 Å². The van der Waals surface area contributed by atoms with Gasteiger partial charge < -0.3 is 4.74 Å². The van der Waals surface area contributed by atoms with E-state index in [1.165, 1.54) is 12.8 Å². The van der Waals surface area contributed by atoms with Crippen molar-refractivity contribution in [1.82, 2.24) is 0 Å². The summed E-state index contributed by atoms with van der Waals surface area (Å²) >= 11 is 0. The van der Waals surface area contributed by atoms with Crippen molar-refractivity contribution in [2.45, 2.75) is 60.5 Å². The third-order valence-corrected chi connectivity index (χ3v) is 5.08. The van der Waals surface area contributed by atoms with Gasteiger partial charge in [-0.15, -0.1) is 0 Å². The zero-order valence-corrected chi connectivity index (χ0v) is 10.7. The molecule has 0 saturated heterocycles. The Hall–Kier alpha value is -0.0400. The van der Waals surface area contributed by atoms with Gasteiger partial charge in [0, 0.05) is 6.61 Å².